The number of aromatic nitrogens is 3. The number of halogens is 1. The minimum Gasteiger partial charge on any atom is -0.458 e. The minimum absolute atomic E-state index is 0.0753. The third-order valence-electron chi connectivity index (χ3n) is 3.89. The third-order valence-corrected chi connectivity index (χ3v) is 3.89. The highest BCUT2D eigenvalue weighted by atomic mass is 19.1. The summed E-state index contributed by atoms with van der Waals surface area (Å²) in [6.07, 6.45) is 4.85. The first kappa shape index (κ1) is 16.1. The van der Waals surface area contributed by atoms with E-state index in [2.05, 4.69) is 9.97 Å². The molecule has 0 radical (unpaired) electrons. The van der Waals surface area contributed by atoms with Crippen molar-refractivity contribution in [3.8, 4) is 6.01 Å². The molecular weight excluding hydrogens is 315 g/mol. The standard InChI is InChI=1S/C16H17FN4O3/c1-20-6-3-5-13(14(20)22)15(23)21-7-2-4-12(10-21)24-16-18-8-11(17)9-19-16/h3,5-6,8-9,12H,2,4,7,10H2,1H3/t12-/m0/s1. The number of hydrogen-bond acceptors (Lipinski definition) is 5. The van der Waals surface area contributed by atoms with E-state index in [1.165, 1.54) is 10.6 Å². The molecule has 0 N–H and O–H groups in total. The summed E-state index contributed by atoms with van der Waals surface area (Å²) in [6, 6.07) is 3.27. The van der Waals surface area contributed by atoms with Crippen LogP contribution in [0.4, 0.5) is 4.39 Å². The molecule has 1 aliphatic rings. The van der Waals surface area contributed by atoms with Gasteiger partial charge in [-0.2, -0.15) is 0 Å². The van der Waals surface area contributed by atoms with Crippen molar-refractivity contribution in [3.63, 3.8) is 0 Å². The van der Waals surface area contributed by atoms with Crippen molar-refractivity contribution in [3.05, 3.63) is 52.5 Å². The zero-order valence-electron chi connectivity index (χ0n) is 13.2. The van der Waals surface area contributed by atoms with Crippen molar-refractivity contribution in [2.75, 3.05) is 13.1 Å². The Hall–Kier alpha value is -2.77. The Balaban J connectivity index is 1.71. The number of hydrogen-bond donors (Lipinski definition) is 0. The lowest BCUT2D eigenvalue weighted by Gasteiger charge is -2.32. The minimum atomic E-state index is -0.539. The average molecular weight is 332 g/mol. The first-order valence-corrected chi connectivity index (χ1v) is 7.63. The molecule has 1 atom stereocenters. The molecule has 0 aliphatic carbocycles. The van der Waals surface area contributed by atoms with Gasteiger partial charge in [0.25, 0.3) is 11.5 Å². The van der Waals surface area contributed by atoms with E-state index in [0.29, 0.717) is 13.1 Å². The maximum atomic E-state index is 12.8. The predicted molar refractivity (Wildman–Crippen MR) is 83.2 cm³/mol. The summed E-state index contributed by atoms with van der Waals surface area (Å²) in [7, 11) is 1.60. The molecule has 0 unspecified atom stereocenters. The quantitative estimate of drug-likeness (QED) is 0.838. The van der Waals surface area contributed by atoms with E-state index in [-0.39, 0.29) is 29.1 Å². The lowest BCUT2D eigenvalue weighted by molar-refractivity contribution is 0.0513. The average Bonchev–Trinajstić information content (AvgIpc) is 2.59. The number of nitrogens with zero attached hydrogens (tertiary/aromatic N) is 4. The fourth-order valence-corrected chi connectivity index (χ4v) is 2.66. The van der Waals surface area contributed by atoms with Crippen LogP contribution in [0.1, 0.15) is 23.2 Å². The topological polar surface area (TPSA) is 77.3 Å². The van der Waals surface area contributed by atoms with Crippen LogP contribution in [0.5, 0.6) is 6.01 Å². The molecule has 2 aromatic rings. The number of ether oxygens (including phenoxy) is 1. The molecule has 24 heavy (non-hydrogen) atoms. The first-order chi connectivity index (χ1) is 11.5. The Morgan fingerprint density at radius 3 is 2.88 bits per heavy atom. The van der Waals surface area contributed by atoms with Crippen LogP contribution in [-0.4, -0.2) is 44.5 Å². The number of aryl methyl sites for hydroxylation is 1. The molecule has 0 spiro atoms. The van der Waals surface area contributed by atoms with Gasteiger partial charge >= 0.3 is 6.01 Å². The molecule has 1 amide bonds. The highest BCUT2D eigenvalue weighted by molar-refractivity contribution is 5.93. The third kappa shape index (κ3) is 3.42. The number of piperidine rings is 1. The number of carbonyl (C=O) groups is 1. The van der Waals surface area contributed by atoms with Crippen molar-refractivity contribution in [1.29, 1.82) is 0 Å². The van der Waals surface area contributed by atoms with Gasteiger partial charge in [-0.15, -0.1) is 0 Å². The van der Waals surface area contributed by atoms with Gasteiger partial charge in [0.2, 0.25) is 0 Å². The van der Waals surface area contributed by atoms with Crippen molar-refractivity contribution < 1.29 is 13.9 Å². The van der Waals surface area contributed by atoms with Crippen LogP contribution in [0, 0.1) is 5.82 Å². The second kappa shape index (κ2) is 6.77. The first-order valence-electron chi connectivity index (χ1n) is 7.63. The summed E-state index contributed by atoms with van der Waals surface area (Å²) in [5, 5.41) is 0. The molecular formula is C16H17FN4O3. The monoisotopic (exact) mass is 332 g/mol. The Kier molecular flexibility index (Phi) is 4.54. The SMILES string of the molecule is Cn1cccc(C(=O)N2CCC[C@H](Oc3ncc(F)cn3)C2)c1=O. The highest BCUT2D eigenvalue weighted by Crippen LogP contribution is 2.16. The summed E-state index contributed by atoms with van der Waals surface area (Å²) >= 11 is 0. The van der Waals surface area contributed by atoms with E-state index in [1.807, 2.05) is 0 Å². The lowest BCUT2D eigenvalue weighted by Crippen LogP contribution is -2.46. The van der Waals surface area contributed by atoms with Crippen LogP contribution >= 0.6 is 0 Å². The van der Waals surface area contributed by atoms with Gasteiger partial charge in [0.1, 0.15) is 11.7 Å². The van der Waals surface area contributed by atoms with Crippen molar-refractivity contribution in [1.82, 2.24) is 19.4 Å². The maximum Gasteiger partial charge on any atom is 0.316 e. The zero-order chi connectivity index (χ0) is 17.1. The molecule has 3 rings (SSSR count). The Morgan fingerprint density at radius 2 is 2.12 bits per heavy atom. The van der Waals surface area contributed by atoms with E-state index in [1.54, 1.807) is 24.2 Å². The summed E-state index contributed by atoms with van der Waals surface area (Å²) in [6.45, 7) is 0.888. The van der Waals surface area contributed by atoms with Crippen LogP contribution in [0.15, 0.2) is 35.5 Å². The highest BCUT2D eigenvalue weighted by Gasteiger charge is 2.27. The molecule has 0 bridgehead atoms. The Bertz CT molecular complexity index is 791. The lowest BCUT2D eigenvalue weighted by atomic mass is 10.1. The largest absolute Gasteiger partial charge is 0.458 e. The molecule has 0 saturated carbocycles. The van der Waals surface area contributed by atoms with Gasteiger partial charge in [-0.3, -0.25) is 9.59 Å². The van der Waals surface area contributed by atoms with Gasteiger partial charge in [-0.05, 0) is 25.0 Å². The van der Waals surface area contributed by atoms with Gasteiger partial charge in [-0.1, -0.05) is 0 Å². The zero-order valence-corrected chi connectivity index (χ0v) is 13.2. The van der Waals surface area contributed by atoms with Crippen LogP contribution in [0.2, 0.25) is 0 Å². The molecule has 0 aromatic carbocycles. The van der Waals surface area contributed by atoms with E-state index >= 15 is 0 Å². The van der Waals surface area contributed by atoms with Gasteiger partial charge in [0.15, 0.2) is 5.82 Å². The van der Waals surface area contributed by atoms with E-state index in [4.69, 9.17) is 4.74 Å². The number of likely N-dealkylation sites (tertiary alicyclic amines) is 1. The Morgan fingerprint density at radius 1 is 1.38 bits per heavy atom. The number of amides is 1. The van der Waals surface area contributed by atoms with E-state index in [9.17, 15) is 14.0 Å². The van der Waals surface area contributed by atoms with E-state index in [0.717, 1.165) is 25.2 Å². The molecule has 1 saturated heterocycles. The summed E-state index contributed by atoms with van der Waals surface area (Å²) in [4.78, 5) is 33.8. The molecule has 7 nitrogen and oxygen atoms in total. The van der Waals surface area contributed by atoms with Crippen LogP contribution in [0.3, 0.4) is 0 Å². The summed E-state index contributed by atoms with van der Waals surface area (Å²) in [5.74, 6) is -0.854. The molecule has 2 aromatic heterocycles. The van der Waals surface area contributed by atoms with Crippen molar-refractivity contribution in [2.24, 2.45) is 7.05 Å². The van der Waals surface area contributed by atoms with Crippen molar-refractivity contribution >= 4 is 5.91 Å². The number of rotatable bonds is 3. The normalized spacial score (nSPS) is 17.6. The Labute approximate surface area is 137 Å². The summed E-state index contributed by atoms with van der Waals surface area (Å²) < 4.78 is 19.8. The smallest absolute Gasteiger partial charge is 0.316 e. The second-order valence-electron chi connectivity index (χ2n) is 5.66. The predicted octanol–water partition coefficient (Wildman–Crippen LogP) is 0.998. The number of pyridine rings is 1. The van der Waals surface area contributed by atoms with Gasteiger partial charge in [0, 0.05) is 19.8 Å². The van der Waals surface area contributed by atoms with Gasteiger partial charge in [-0.25, -0.2) is 14.4 Å². The molecule has 8 heteroatoms. The molecule has 1 aliphatic heterocycles. The van der Waals surface area contributed by atoms with Gasteiger partial charge in [0.05, 0.1) is 18.9 Å². The van der Waals surface area contributed by atoms with Gasteiger partial charge < -0.3 is 14.2 Å². The van der Waals surface area contributed by atoms with Crippen LogP contribution in [-0.2, 0) is 7.05 Å². The fraction of sp³-hybridized carbons (Fsp3) is 0.375. The van der Waals surface area contributed by atoms with Crippen molar-refractivity contribution in [2.45, 2.75) is 18.9 Å². The maximum absolute atomic E-state index is 12.8. The fourth-order valence-electron chi connectivity index (χ4n) is 2.66. The van der Waals surface area contributed by atoms with Crippen LogP contribution < -0.4 is 10.3 Å². The molecule has 126 valence electrons. The summed E-state index contributed by atoms with van der Waals surface area (Å²) in [5.41, 5.74) is -0.189. The molecule has 3 heterocycles. The van der Waals surface area contributed by atoms with Crippen LogP contribution in [0.25, 0.3) is 0 Å². The molecule has 1 fully saturated rings. The van der Waals surface area contributed by atoms with E-state index < -0.39 is 5.82 Å². The second-order valence-corrected chi connectivity index (χ2v) is 5.66. The number of carbonyl (C=O) groups excluding carboxylic acids is 1.